The zero-order valence-electron chi connectivity index (χ0n) is 9.68. The van der Waals surface area contributed by atoms with Crippen molar-refractivity contribution in [3.05, 3.63) is 34.2 Å². The molecule has 1 aromatic heterocycles. The van der Waals surface area contributed by atoms with Gasteiger partial charge in [0, 0.05) is 38.1 Å². The predicted molar refractivity (Wildman–Crippen MR) is 64.0 cm³/mol. The molecule has 0 aromatic carbocycles. The van der Waals surface area contributed by atoms with Crippen molar-refractivity contribution in [1.29, 1.82) is 0 Å². The molecule has 0 aliphatic carbocycles. The maximum absolute atomic E-state index is 12.2. The Balaban J connectivity index is 2.29. The summed E-state index contributed by atoms with van der Waals surface area (Å²) < 4.78 is 0. The van der Waals surface area contributed by atoms with Crippen LogP contribution in [-0.4, -0.2) is 47.4 Å². The summed E-state index contributed by atoms with van der Waals surface area (Å²) in [5.74, 6) is -1.05. The van der Waals surface area contributed by atoms with Crippen LogP contribution in [0.5, 0.6) is 0 Å². The number of H-pyrrole nitrogens is 1. The fraction of sp³-hybridized carbons (Fsp3) is 0.364. The summed E-state index contributed by atoms with van der Waals surface area (Å²) in [4.78, 5) is 39.1. The third-order valence-electron chi connectivity index (χ3n) is 2.89. The van der Waals surface area contributed by atoms with E-state index in [9.17, 15) is 14.4 Å². The number of nitrogens with zero attached hydrogens (tertiary/aromatic N) is 1. The van der Waals surface area contributed by atoms with Crippen LogP contribution in [0.2, 0.25) is 0 Å². The van der Waals surface area contributed by atoms with Gasteiger partial charge in [0.15, 0.2) is 5.43 Å². The van der Waals surface area contributed by atoms with Crippen molar-refractivity contribution in [3.8, 4) is 0 Å². The molecule has 7 nitrogen and oxygen atoms in total. The normalized spacial score (nSPS) is 19.6. The first kappa shape index (κ1) is 12.3. The third kappa shape index (κ3) is 2.25. The van der Waals surface area contributed by atoms with Crippen LogP contribution in [0.15, 0.2) is 23.3 Å². The minimum Gasteiger partial charge on any atom is -0.368 e. The van der Waals surface area contributed by atoms with Gasteiger partial charge in [-0.05, 0) is 0 Å². The Morgan fingerprint density at radius 2 is 2.22 bits per heavy atom. The highest BCUT2D eigenvalue weighted by atomic mass is 16.2. The topological polar surface area (TPSA) is 108 Å². The second kappa shape index (κ2) is 5.01. The number of nitrogens with one attached hydrogen (secondary N) is 2. The van der Waals surface area contributed by atoms with Gasteiger partial charge in [0.05, 0.1) is 0 Å². The van der Waals surface area contributed by atoms with E-state index in [-0.39, 0.29) is 11.0 Å². The highest BCUT2D eigenvalue weighted by Crippen LogP contribution is 2.07. The molecule has 1 aliphatic heterocycles. The van der Waals surface area contributed by atoms with Gasteiger partial charge in [-0.15, -0.1) is 0 Å². The molecule has 1 aromatic rings. The van der Waals surface area contributed by atoms with Crippen molar-refractivity contribution in [2.24, 2.45) is 5.73 Å². The lowest BCUT2D eigenvalue weighted by atomic mass is 10.1. The van der Waals surface area contributed by atoms with Crippen molar-refractivity contribution >= 4 is 11.8 Å². The molecule has 1 aliphatic rings. The second-order valence-corrected chi connectivity index (χ2v) is 4.04. The van der Waals surface area contributed by atoms with Gasteiger partial charge in [-0.2, -0.15) is 0 Å². The number of carbonyl (C=O) groups excluding carboxylic acids is 2. The number of aromatic nitrogens is 1. The largest absolute Gasteiger partial charge is 0.368 e. The average molecular weight is 250 g/mol. The Bertz CT molecular complexity index is 525. The number of hydrogen-bond donors (Lipinski definition) is 3. The molecule has 1 unspecified atom stereocenters. The van der Waals surface area contributed by atoms with Gasteiger partial charge < -0.3 is 20.9 Å². The highest BCUT2D eigenvalue weighted by molar-refractivity contribution is 5.97. The van der Waals surface area contributed by atoms with Crippen molar-refractivity contribution in [3.63, 3.8) is 0 Å². The molecule has 1 fully saturated rings. The summed E-state index contributed by atoms with van der Waals surface area (Å²) in [6, 6.07) is 0.556. The minimum absolute atomic E-state index is 0.0191. The van der Waals surface area contributed by atoms with E-state index in [4.69, 9.17) is 5.73 Å². The number of aromatic amines is 1. The predicted octanol–water partition coefficient (Wildman–Crippen LogP) is -1.73. The fourth-order valence-electron chi connectivity index (χ4n) is 1.94. The number of nitrogens with two attached hydrogens (primary N) is 1. The molecule has 1 saturated heterocycles. The number of primary amides is 1. The van der Waals surface area contributed by atoms with Crippen molar-refractivity contribution < 1.29 is 9.59 Å². The quantitative estimate of drug-likeness (QED) is 0.579. The Morgan fingerprint density at radius 1 is 1.44 bits per heavy atom. The van der Waals surface area contributed by atoms with E-state index in [1.807, 2.05) is 0 Å². The molecule has 2 heterocycles. The maximum Gasteiger partial charge on any atom is 0.260 e. The Kier molecular flexibility index (Phi) is 3.42. The van der Waals surface area contributed by atoms with E-state index < -0.39 is 17.9 Å². The van der Waals surface area contributed by atoms with Gasteiger partial charge in [-0.1, -0.05) is 0 Å². The van der Waals surface area contributed by atoms with Crippen molar-refractivity contribution in [2.75, 3.05) is 19.6 Å². The van der Waals surface area contributed by atoms with Crippen molar-refractivity contribution in [2.45, 2.75) is 6.04 Å². The van der Waals surface area contributed by atoms with Crippen LogP contribution >= 0.6 is 0 Å². The molecule has 7 heteroatoms. The summed E-state index contributed by atoms with van der Waals surface area (Å²) in [6.45, 7) is 1.23. The van der Waals surface area contributed by atoms with Crippen LogP contribution in [0.3, 0.4) is 0 Å². The second-order valence-electron chi connectivity index (χ2n) is 4.04. The number of carbonyl (C=O) groups is 2. The van der Waals surface area contributed by atoms with Crippen molar-refractivity contribution in [1.82, 2.24) is 15.2 Å². The van der Waals surface area contributed by atoms with Crippen LogP contribution < -0.4 is 16.5 Å². The van der Waals surface area contributed by atoms with Gasteiger partial charge in [0.2, 0.25) is 5.91 Å². The highest BCUT2D eigenvalue weighted by Gasteiger charge is 2.31. The van der Waals surface area contributed by atoms with Gasteiger partial charge >= 0.3 is 0 Å². The zero-order chi connectivity index (χ0) is 13.1. The van der Waals surface area contributed by atoms with E-state index in [1.54, 1.807) is 0 Å². The molecule has 0 bridgehead atoms. The molecule has 96 valence electrons. The Hall–Kier alpha value is -2.15. The first-order valence-electron chi connectivity index (χ1n) is 5.59. The van der Waals surface area contributed by atoms with Gasteiger partial charge in [0.1, 0.15) is 11.6 Å². The van der Waals surface area contributed by atoms with E-state index >= 15 is 0 Å². The SMILES string of the molecule is NC(=O)C1CNCCN1C(=O)c1c[nH]ccc1=O. The molecule has 4 N–H and O–H groups in total. The van der Waals surface area contributed by atoms with E-state index in [0.29, 0.717) is 19.6 Å². The van der Waals surface area contributed by atoms with Gasteiger partial charge in [-0.3, -0.25) is 14.4 Å². The summed E-state index contributed by atoms with van der Waals surface area (Å²) in [6.07, 6.45) is 2.78. The van der Waals surface area contributed by atoms with Gasteiger partial charge in [0.25, 0.3) is 5.91 Å². The van der Waals surface area contributed by atoms with E-state index in [0.717, 1.165) is 0 Å². The lowest BCUT2D eigenvalue weighted by molar-refractivity contribution is -0.122. The number of amides is 2. The lowest BCUT2D eigenvalue weighted by Crippen LogP contribution is -2.59. The molecule has 0 radical (unpaired) electrons. The smallest absolute Gasteiger partial charge is 0.260 e. The van der Waals surface area contributed by atoms with Crippen LogP contribution in [0.25, 0.3) is 0 Å². The molecule has 18 heavy (non-hydrogen) atoms. The molecular weight excluding hydrogens is 236 g/mol. The standard InChI is InChI=1S/C11H14N4O3/c12-10(17)8-6-14-3-4-15(8)11(18)7-5-13-2-1-9(7)16/h1-2,5,8,14H,3-4,6H2,(H2,12,17)(H,13,16). The number of rotatable bonds is 2. The number of pyridine rings is 1. The van der Waals surface area contributed by atoms with Crippen LogP contribution in [0.4, 0.5) is 0 Å². The first-order valence-corrected chi connectivity index (χ1v) is 5.59. The van der Waals surface area contributed by atoms with E-state index in [2.05, 4.69) is 10.3 Å². The third-order valence-corrected chi connectivity index (χ3v) is 2.89. The maximum atomic E-state index is 12.2. The first-order chi connectivity index (χ1) is 8.61. The van der Waals surface area contributed by atoms with Gasteiger partial charge in [-0.25, -0.2) is 0 Å². The molecule has 0 saturated carbocycles. The van der Waals surface area contributed by atoms with E-state index in [1.165, 1.54) is 23.4 Å². The number of piperazine rings is 1. The molecule has 1 atom stereocenters. The zero-order valence-corrected chi connectivity index (χ0v) is 9.68. The molecule has 2 rings (SSSR count). The summed E-state index contributed by atoms with van der Waals surface area (Å²) in [5, 5.41) is 2.99. The Labute approximate surface area is 103 Å². The Morgan fingerprint density at radius 3 is 2.89 bits per heavy atom. The summed E-state index contributed by atoms with van der Waals surface area (Å²) in [7, 11) is 0. The molecular formula is C11H14N4O3. The molecule has 2 amide bonds. The lowest BCUT2D eigenvalue weighted by Gasteiger charge is -2.33. The minimum atomic E-state index is -0.717. The monoisotopic (exact) mass is 250 g/mol. The molecule has 0 spiro atoms. The summed E-state index contributed by atoms with van der Waals surface area (Å²) >= 11 is 0. The average Bonchev–Trinajstić information content (AvgIpc) is 2.38. The number of hydrogen-bond acceptors (Lipinski definition) is 4. The summed E-state index contributed by atoms with van der Waals surface area (Å²) in [5.41, 5.74) is 4.90. The van der Waals surface area contributed by atoms with Crippen LogP contribution in [0.1, 0.15) is 10.4 Å². The van der Waals surface area contributed by atoms with Crippen LogP contribution in [0, 0.1) is 0 Å². The fourth-order valence-corrected chi connectivity index (χ4v) is 1.94. The van der Waals surface area contributed by atoms with Crippen LogP contribution in [-0.2, 0) is 4.79 Å².